The summed E-state index contributed by atoms with van der Waals surface area (Å²) in [6.45, 7) is 0. The Hall–Kier alpha value is -0.360. The van der Waals surface area contributed by atoms with Crippen LogP contribution in [0.5, 0.6) is 0 Å². The van der Waals surface area contributed by atoms with Gasteiger partial charge in [0, 0.05) is 19.6 Å². The Morgan fingerprint density at radius 2 is 2.18 bits per heavy atom. The highest BCUT2D eigenvalue weighted by atomic mass is 79.9. The SMILES string of the molecule is Nc1ccc(S(=O)Cc2cc(Br)cs2)cc1Cl. The first-order chi connectivity index (χ1) is 8.06. The van der Waals surface area contributed by atoms with Gasteiger partial charge in [0.05, 0.1) is 27.3 Å². The van der Waals surface area contributed by atoms with Crippen LogP contribution in [-0.2, 0) is 16.6 Å². The highest BCUT2D eigenvalue weighted by Gasteiger charge is 2.08. The standard InChI is InChI=1S/C11H9BrClNOS2/c12-7-3-8(16-5-7)6-17(15)9-1-2-11(14)10(13)4-9/h1-5H,6,14H2. The van der Waals surface area contributed by atoms with E-state index in [4.69, 9.17) is 17.3 Å². The zero-order valence-corrected chi connectivity index (χ0v) is 12.6. The van der Waals surface area contributed by atoms with Crippen LogP contribution in [0.2, 0.25) is 5.02 Å². The largest absolute Gasteiger partial charge is 0.398 e. The van der Waals surface area contributed by atoms with Crippen LogP contribution in [0, 0.1) is 0 Å². The molecule has 1 atom stereocenters. The molecule has 2 aromatic rings. The van der Waals surface area contributed by atoms with Crippen molar-refractivity contribution in [1.29, 1.82) is 0 Å². The molecule has 2 nitrogen and oxygen atoms in total. The first kappa shape index (κ1) is 13.1. The average molecular weight is 351 g/mol. The lowest BCUT2D eigenvalue weighted by atomic mass is 10.3. The van der Waals surface area contributed by atoms with Crippen LogP contribution in [0.25, 0.3) is 0 Å². The predicted octanol–water partition coefficient (Wildman–Crippen LogP) is 4.05. The second-order valence-corrected chi connectivity index (χ2v) is 7.17. The van der Waals surface area contributed by atoms with Gasteiger partial charge in [-0.3, -0.25) is 4.21 Å². The molecule has 0 aliphatic rings. The number of rotatable bonds is 3. The van der Waals surface area contributed by atoms with Crippen LogP contribution in [0.3, 0.4) is 0 Å². The molecule has 6 heteroatoms. The quantitative estimate of drug-likeness (QED) is 0.848. The monoisotopic (exact) mass is 349 g/mol. The van der Waals surface area contributed by atoms with Gasteiger partial charge in [-0.15, -0.1) is 11.3 Å². The minimum atomic E-state index is -1.09. The number of anilines is 1. The van der Waals surface area contributed by atoms with Gasteiger partial charge >= 0.3 is 0 Å². The topological polar surface area (TPSA) is 43.1 Å². The van der Waals surface area contributed by atoms with Crippen molar-refractivity contribution in [2.45, 2.75) is 10.6 Å². The van der Waals surface area contributed by atoms with Gasteiger partial charge in [0.25, 0.3) is 0 Å². The van der Waals surface area contributed by atoms with Gasteiger partial charge in [0.15, 0.2) is 0 Å². The Labute approximate surface area is 119 Å². The molecule has 1 heterocycles. The maximum absolute atomic E-state index is 12.1. The van der Waals surface area contributed by atoms with E-state index >= 15 is 0 Å². The Morgan fingerprint density at radius 3 is 2.76 bits per heavy atom. The molecule has 0 saturated carbocycles. The Kier molecular flexibility index (Phi) is 4.25. The molecule has 17 heavy (non-hydrogen) atoms. The van der Waals surface area contributed by atoms with Crippen LogP contribution in [0.1, 0.15) is 4.88 Å². The number of hydrogen-bond acceptors (Lipinski definition) is 3. The van der Waals surface area contributed by atoms with Crippen LogP contribution in [0.15, 0.2) is 39.0 Å². The summed E-state index contributed by atoms with van der Waals surface area (Å²) >= 11 is 10.9. The smallest absolute Gasteiger partial charge is 0.0647 e. The Balaban J connectivity index is 2.17. The molecular weight excluding hydrogens is 342 g/mol. The summed E-state index contributed by atoms with van der Waals surface area (Å²) in [6, 6.07) is 7.07. The molecule has 0 aliphatic heterocycles. The van der Waals surface area contributed by atoms with E-state index in [0.717, 1.165) is 9.35 Å². The molecule has 0 saturated heterocycles. The fraction of sp³-hybridized carbons (Fsp3) is 0.0909. The lowest BCUT2D eigenvalue weighted by molar-refractivity contribution is 0.683. The van der Waals surface area contributed by atoms with Gasteiger partial charge < -0.3 is 5.73 Å². The van der Waals surface area contributed by atoms with E-state index in [0.29, 0.717) is 21.4 Å². The van der Waals surface area contributed by atoms with E-state index in [1.54, 1.807) is 29.5 Å². The first-order valence-electron chi connectivity index (χ1n) is 4.72. The van der Waals surface area contributed by atoms with Crippen molar-refractivity contribution in [2.24, 2.45) is 0 Å². The zero-order valence-electron chi connectivity index (χ0n) is 8.65. The fourth-order valence-corrected chi connectivity index (χ4v) is 4.34. The second kappa shape index (κ2) is 5.52. The van der Waals surface area contributed by atoms with Crippen molar-refractivity contribution < 1.29 is 4.21 Å². The molecule has 0 amide bonds. The molecule has 2 rings (SSSR count). The lowest BCUT2D eigenvalue weighted by Crippen LogP contribution is -1.96. The molecule has 1 unspecified atom stereocenters. The van der Waals surface area contributed by atoms with Crippen LogP contribution >= 0.6 is 38.9 Å². The van der Waals surface area contributed by atoms with Crippen LogP contribution in [-0.4, -0.2) is 4.21 Å². The molecule has 1 aromatic carbocycles. The number of thiophene rings is 1. The molecule has 0 radical (unpaired) electrons. The van der Waals surface area contributed by atoms with E-state index < -0.39 is 10.8 Å². The van der Waals surface area contributed by atoms with E-state index in [-0.39, 0.29) is 0 Å². The number of nitrogens with two attached hydrogens (primary N) is 1. The summed E-state index contributed by atoms with van der Waals surface area (Å²) in [5, 5.41) is 2.42. The molecule has 0 aliphatic carbocycles. The fourth-order valence-electron chi connectivity index (χ4n) is 1.29. The maximum atomic E-state index is 12.1. The van der Waals surface area contributed by atoms with Gasteiger partial charge in [-0.2, -0.15) is 0 Å². The highest BCUT2D eigenvalue weighted by Crippen LogP contribution is 2.25. The van der Waals surface area contributed by atoms with Gasteiger partial charge in [-0.25, -0.2) is 0 Å². The van der Waals surface area contributed by atoms with Crippen molar-refractivity contribution in [1.82, 2.24) is 0 Å². The zero-order chi connectivity index (χ0) is 12.4. The summed E-state index contributed by atoms with van der Waals surface area (Å²) in [5.41, 5.74) is 6.12. The van der Waals surface area contributed by atoms with E-state index in [9.17, 15) is 4.21 Å². The van der Waals surface area contributed by atoms with E-state index in [2.05, 4.69) is 15.9 Å². The number of hydrogen-bond donors (Lipinski definition) is 1. The maximum Gasteiger partial charge on any atom is 0.0647 e. The van der Waals surface area contributed by atoms with Crippen molar-refractivity contribution in [3.63, 3.8) is 0 Å². The first-order valence-corrected chi connectivity index (χ1v) is 8.09. The summed E-state index contributed by atoms with van der Waals surface area (Å²) in [7, 11) is -1.09. The molecule has 90 valence electrons. The average Bonchev–Trinajstić information content (AvgIpc) is 2.68. The molecule has 1 aromatic heterocycles. The van der Waals surface area contributed by atoms with Gasteiger partial charge in [-0.1, -0.05) is 11.6 Å². The Bertz CT molecular complexity index is 570. The van der Waals surface area contributed by atoms with E-state index in [1.807, 2.05) is 11.4 Å². The molecule has 0 bridgehead atoms. The van der Waals surface area contributed by atoms with Crippen LogP contribution in [0.4, 0.5) is 5.69 Å². The van der Waals surface area contributed by atoms with Crippen molar-refractivity contribution in [3.05, 3.63) is 44.0 Å². The molecule has 2 N–H and O–H groups in total. The number of halogens is 2. The summed E-state index contributed by atoms with van der Waals surface area (Å²) in [4.78, 5) is 1.77. The van der Waals surface area contributed by atoms with E-state index in [1.165, 1.54) is 0 Å². The third kappa shape index (κ3) is 3.31. The Morgan fingerprint density at radius 1 is 1.41 bits per heavy atom. The van der Waals surface area contributed by atoms with Gasteiger partial charge in [0.2, 0.25) is 0 Å². The summed E-state index contributed by atoms with van der Waals surface area (Å²) < 4.78 is 13.1. The number of benzene rings is 1. The normalized spacial score (nSPS) is 12.6. The molecule has 0 spiro atoms. The number of nitrogen functional groups attached to an aromatic ring is 1. The predicted molar refractivity (Wildman–Crippen MR) is 78.0 cm³/mol. The van der Waals surface area contributed by atoms with Crippen molar-refractivity contribution in [3.8, 4) is 0 Å². The molecular formula is C11H9BrClNOS2. The minimum Gasteiger partial charge on any atom is -0.398 e. The molecule has 0 fully saturated rings. The van der Waals surface area contributed by atoms with Crippen LogP contribution < -0.4 is 5.73 Å². The van der Waals surface area contributed by atoms with Gasteiger partial charge in [-0.05, 0) is 40.2 Å². The van der Waals surface area contributed by atoms with Gasteiger partial charge in [0.1, 0.15) is 0 Å². The third-order valence-corrected chi connectivity index (χ3v) is 5.69. The highest BCUT2D eigenvalue weighted by molar-refractivity contribution is 9.10. The summed E-state index contributed by atoms with van der Waals surface area (Å²) in [5.74, 6) is 0.497. The van der Waals surface area contributed by atoms with Crippen molar-refractivity contribution >= 4 is 55.4 Å². The lowest BCUT2D eigenvalue weighted by Gasteiger charge is -2.03. The third-order valence-electron chi connectivity index (χ3n) is 2.13. The second-order valence-electron chi connectivity index (χ2n) is 3.40. The minimum absolute atomic E-state index is 0.447. The van der Waals surface area contributed by atoms with Crippen molar-refractivity contribution in [2.75, 3.05) is 5.73 Å². The summed E-state index contributed by atoms with van der Waals surface area (Å²) in [6.07, 6.45) is 0.